The minimum Gasteiger partial charge on any atom is -0.376 e. The van der Waals surface area contributed by atoms with Gasteiger partial charge >= 0.3 is 6.18 Å². The van der Waals surface area contributed by atoms with Gasteiger partial charge in [-0.1, -0.05) is 11.6 Å². The molecule has 10 heteroatoms. The number of carbonyl (C=O) groups excluding carboxylic acids is 1. The number of nitrogens with one attached hydrogen (secondary N) is 1. The van der Waals surface area contributed by atoms with Gasteiger partial charge in [0, 0.05) is 31.7 Å². The SMILES string of the molecule is CN(C)c1ccc(C(F)(F)F)cc1NC(=O)/C=C/c1c(Cl)nc2sccn12. The van der Waals surface area contributed by atoms with Gasteiger partial charge in [0.25, 0.3) is 0 Å². The molecule has 1 N–H and O–H groups in total. The molecule has 0 bridgehead atoms. The number of rotatable bonds is 4. The van der Waals surface area contributed by atoms with E-state index in [2.05, 4.69) is 10.3 Å². The van der Waals surface area contributed by atoms with Gasteiger partial charge in [0.1, 0.15) is 0 Å². The standard InChI is InChI=1S/C17H14ClF3N4OS/c1-24(2)12-4-3-10(17(19,20)21)9-11(12)22-14(26)6-5-13-15(18)23-16-25(13)7-8-27-16/h3-9H,1-2H3,(H,22,26)/b6-5+. The van der Waals surface area contributed by atoms with Crippen LogP contribution in [0.2, 0.25) is 5.15 Å². The molecule has 2 aromatic heterocycles. The number of hydrogen-bond acceptors (Lipinski definition) is 4. The zero-order valence-corrected chi connectivity index (χ0v) is 15.8. The Bertz CT molecular complexity index is 1020. The smallest absolute Gasteiger partial charge is 0.376 e. The molecule has 142 valence electrons. The summed E-state index contributed by atoms with van der Waals surface area (Å²) in [5.74, 6) is -0.585. The van der Waals surface area contributed by atoms with Gasteiger partial charge in [-0.2, -0.15) is 13.2 Å². The van der Waals surface area contributed by atoms with Gasteiger partial charge in [-0.25, -0.2) is 4.98 Å². The molecule has 0 unspecified atom stereocenters. The average molecular weight is 415 g/mol. The number of imidazole rings is 1. The number of aromatic nitrogens is 2. The van der Waals surface area contributed by atoms with Gasteiger partial charge in [-0.3, -0.25) is 9.20 Å². The Balaban J connectivity index is 1.86. The van der Waals surface area contributed by atoms with Gasteiger partial charge < -0.3 is 10.2 Å². The van der Waals surface area contributed by atoms with E-state index in [9.17, 15) is 18.0 Å². The highest BCUT2D eigenvalue weighted by Crippen LogP contribution is 2.35. The third-order valence-electron chi connectivity index (χ3n) is 3.71. The normalized spacial score (nSPS) is 12.1. The Hall–Kier alpha value is -2.52. The van der Waals surface area contributed by atoms with Crippen LogP contribution in [0.25, 0.3) is 11.0 Å². The van der Waals surface area contributed by atoms with Crippen molar-refractivity contribution in [1.29, 1.82) is 0 Å². The summed E-state index contributed by atoms with van der Waals surface area (Å²) in [5.41, 5.74) is 0.183. The first-order chi connectivity index (χ1) is 12.7. The minimum absolute atomic E-state index is 0.0598. The number of thiazole rings is 1. The zero-order valence-electron chi connectivity index (χ0n) is 14.2. The first-order valence-electron chi connectivity index (χ1n) is 7.65. The molecule has 0 saturated heterocycles. The van der Waals surface area contributed by atoms with Crippen LogP contribution in [0.1, 0.15) is 11.3 Å². The predicted molar refractivity (Wildman–Crippen MR) is 102 cm³/mol. The second kappa shape index (κ2) is 7.24. The number of nitrogens with zero attached hydrogens (tertiary/aromatic N) is 3. The summed E-state index contributed by atoms with van der Waals surface area (Å²) in [6, 6.07) is 3.19. The number of halogens is 4. The van der Waals surface area contributed by atoms with E-state index >= 15 is 0 Å². The van der Waals surface area contributed by atoms with Gasteiger partial charge in [-0.05, 0) is 24.3 Å². The number of hydrogen-bond donors (Lipinski definition) is 1. The Labute approximate surface area is 161 Å². The second-order valence-corrected chi connectivity index (χ2v) is 7.02. The van der Waals surface area contributed by atoms with Crippen molar-refractivity contribution in [1.82, 2.24) is 9.38 Å². The Morgan fingerprint density at radius 1 is 1.37 bits per heavy atom. The lowest BCUT2D eigenvalue weighted by Gasteiger charge is -2.19. The highest BCUT2D eigenvalue weighted by atomic mass is 35.5. The number of carbonyl (C=O) groups is 1. The molecule has 1 aromatic carbocycles. The van der Waals surface area contributed by atoms with Crippen LogP contribution >= 0.6 is 22.9 Å². The largest absolute Gasteiger partial charge is 0.416 e. The van der Waals surface area contributed by atoms with E-state index in [1.165, 1.54) is 29.6 Å². The molecule has 0 aliphatic heterocycles. The van der Waals surface area contributed by atoms with Crippen LogP contribution in [-0.4, -0.2) is 29.4 Å². The van der Waals surface area contributed by atoms with E-state index in [0.29, 0.717) is 16.3 Å². The number of anilines is 2. The lowest BCUT2D eigenvalue weighted by Crippen LogP contribution is -2.16. The van der Waals surface area contributed by atoms with Crippen LogP contribution in [0.5, 0.6) is 0 Å². The maximum absolute atomic E-state index is 13.0. The average Bonchev–Trinajstić information content (AvgIpc) is 3.12. The minimum atomic E-state index is -4.50. The number of fused-ring (bicyclic) bond motifs is 1. The van der Waals surface area contributed by atoms with Gasteiger partial charge in [0.15, 0.2) is 10.1 Å². The van der Waals surface area contributed by atoms with Crippen molar-refractivity contribution in [2.45, 2.75) is 6.18 Å². The maximum atomic E-state index is 13.0. The molecule has 27 heavy (non-hydrogen) atoms. The summed E-state index contributed by atoms with van der Waals surface area (Å²) in [7, 11) is 3.35. The summed E-state index contributed by atoms with van der Waals surface area (Å²) in [6.07, 6.45) is -0.0801. The van der Waals surface area contributed by atoms with E-state index < -0.39 is 17.6 Å². The molecule has 0 radical (unpaired) electrons. The van der Waals surface area contributed by atoms with Gasteiger partial charge in [0.05, 0.1) is 22.6 Å². The fraction of sp³-hybridized carbons (Fsp3) is 0.176. The quantitative estimate of drug-likeness (QED) is 0.625. The third kappa shape index (κ3) is 4.09. The molecule has 0 aliphatic rings. The van der Waals surface area contributed by atoms with E-state index in [1.54, 1.807) is 29.6 Å². The second-order valence-electron chi connectivity index (χ2n) is 5.79. The van der Waals surface area contributed by atoms with E-state index in [4.69, 9.17) is 11.6 Å². The number of amides is 1. The van der Waals surface area contributed by atoms with Crippen LogP contribution in [0.15, 0.2) is 35.9 Å². The Kier molecular flexibility index (Phi) is 5.16. The molecule has 3 rings (SSSR count). The molecule has 0 spiro atoms. The Morgan fingerprint density at radius 2 is 2.11 bits per heavy atom. The van der Waals surface area contributed by atoms with Gasteiger partial charge in [-0.15, -0.1) is 11.3 Å². The molecule has 0 aliphatic carbocycles. The summed E-state index contributed by atoms with van der Waals surface area (Å²) < 4.78 is 40.6. The topological polar surface area (TPSA) is 49.6 Å². The number of benzene rings is 1. The lowest BCUT2D eigenvalue weighted by atomic mass is 10.1. The molecule has 0 atom stereocenters. The van der Waals surface area contributed by atoms with Crippen LogP contribution in [-0.2, 0) is 11.0 Å². The fourth-order valence-electron chi connectivity index (χ4n) is 2.46. The highest BCUT2D eigenvalue weighted by molar-refractivity contribution is 7.15. The maximum Gasteiger partial charge on any atom is 0.416 e. The lowest BCUT2D eigenvalue weighted by molar-refractivity contribution is -0.137. The molecule has 1 amide bonds. The van der Waals surface area contributed by atoms with Crippen LogP contribution in [0.4, 0.5) is 24.5 Å². The molecule has 0 saturated carbocycles. The molecular formula is C17H14ClF3N4OS. The first-order valence-corrected chi connectivity index (χ1v) is 8.91. The van der Waals surface area contributed by atoms with Crippen molar-refractivity contribution in [3.05, 3.63) is 52.3 Å². The predicted octanol–water partition coefficient (Wildman–Crippen LogP) is 4.79. The van der Waals surface area contributed by atoms with Crippen LogP contribution in [0, 0.1) is 0 Å². The third-order valence-corrected chi connectivity index (χ3v) is 4.75. The molecule has 3 aromatic rings. The monoisotopic (exact) mass is 414 g/mol. The Morgan fingerprint density at radius 3 is 2.78 bits per heavy atom. The summed E-state index contributed by atoms with van der Waals surface area (Å²) >= 11 is 7.44. The zero-order chi connectivity index (χ0) is 19.8. The van der Waals surface area contributed by atoms with E-state index in [1.807, 2.05) is 5.38 Å². The molecular weight excluding hydrogens is 401 g/mol. The summed E-state index contributed by atoms with van der Waals surface area (Å²) in [5, 5.41) is 4.55. The van der Waals surface area contributed by atoms with Gasteiger partial charge in [0.2, 0.25) is 5.91 Å². The van der Waals surface area contributed by atoms with Crippen LogP contribution < -0.4 is 10.2 Å². The van der Waals surface area contributed by atoms with E-state index in [0.717, 1.165) is 12.1 Å². The molecule has 0 fully saturated rings. The number of alkyl halides is 3. The first kappa shape index (κ1) is 19.2. The highest BCUT2D eigenvalue weighted by Gasteiger charge is 2.31. The van der Waals surface area contributed by atoms with Crippen LogP contribution in [0.3, 0.4) is 0 Å². The fourth-order valence-corrected chi connectivity index (χ4v) is 3.46. The van der Waals surface area contributed by atoms with Crippen molar-refractivity contribution in [2.75, 3.05) is 24.3 Å². The summed E-state index contributed by atoms with van der Waals surface area (Å²) in [6.45, 7) is 0. The summed E-state index contributed by atoms with van der Waals surface area (Å²) in [4.78, 5) is 18.7. The van der Waals surface area contributed by atoms with E-state index in [-0.39, 0.29) is 10.8 Å². The molecule has 5 nitrogen and oxygen atoms in total. The van der Waals surface area contributed by atoms with Crippen molar-refractivity contribution in [3.63, 3.8) is 0 Å². The van der Waals surface area contributed by atoms with Crippen molar-refractivity contribution in [2.24, 2.45) is 0 Å². The van der Waals surface area contributed by atoms with Crippen molar-refractivity contribution >= 4 is 51.3 Å². The van der Waals surface area contributed by atoms with Crippen molar-refractivity contribution in [3.8, 4) is 0 Å². The molecule has 2 heterocycles. The van der Waals surface area contributed by atoms with Crippen molar-refractivity contribution < 1.29 is 18.0 Å².